The van der Waals surface area contributed by atoms with Crippen LogP contribution in [0.5, 0.6) is 0 Å². The number of nitrogens with two attached hydrogens (primary N) is 1. The summed E-state index contributed by atoms with van der Waals surface area (Å²) in [5.74, 6) is 0.675. The summed E-state index contributed by atoms with van der Waals surface area (Å²) in [4.78, 5) is 2.40. The van der Waals surface area contributed by atoms with Crippen molar-refractivity contribution in [3.8, 4) is 0 Å². The quantitative estimate of drug-likeness (QED) is 0.909. The van der Waals surface area contributed by atoms with Crippen molar-refractivity contribution in [2.45, 2.75) is 37.1 Å². The molecule has 1 atom stereocenters. The second kappa shape index (κ2) is 4.62. The van der Waals surface area contributed by atoms with E-state index in [-0.39, 0.29) is 5.54 Å². The molecule has 2 nitrogen and oxygen atoms in total. The highest BCUT2D eigenvalue weighted by Crippen LogP contribution is 2.41. The van der Waals surface area contributed by atoms with E-state index in [2.05, 4.69) is 46.1 Å². The molecule has 2 aliphatic rings. The van der Waals surface area contributed by atoms with Gasteiger partial charge in [0.1, 0.15) is 0 Å². The Bertz CT molecular complexity index is 454. The maximum atomic E-state index is 6.39. The van der Waals surface area contributed by atoms with Gasteiger partial charge in [0.25, 0.3) is 0 Å². The third-order valence-electron chi connectivity index (χ3n) is 4.65. The largest absolute Gasteiger partial charge is 0.321 e. The third-order valence-corrected chi connectivity index (χ3v) is 5.34. The molecule has 0 bridgehead atoms. The Morgan fingerprint density at radius 2 is 2.17 bits per heavy atom. The number of nitrogens with zero attached hydrogens (tertiary/aromatic N) is 1. The van der Waals surface area contributed by atoms with Crippen molar-refractivity contribution in [2.24, 2.45) is 5.73 Å². The van der Waals surface area contributed by atoms with Crippen molar-refractivity contribution in [3.63, 3.8) is 0 Å². The summed E-state index contributed by atoms with van der Waals surface area (Å²) < 4.78 is 1.25. The Morgan fingerprint density at radius 3 is 2.67 bits per heavy atom. The van der Waals surface area contributed by atoms with Gasteiger partial charge in [0.15, 0.2) is 0 Å². The number of benzene rings is 1. The van der Waals surface area contributed by atoms with Gasteiger partial charge < -0.3 is 10.6 Å². The Kier molecular flexibility index (Phi) is 3.25. The van der Waals surface area contributed by atoms with Crippen LogP contribution in [0.3, 0.4) is 0 Å². The van der Waals surface area contributed by atoms with Crippen LogP contribution in [0.1, 0.15) is 42.7 Å². The van der Waals surface area contributed by atoms with E-state index in [1.165, 1.54) is 41.5 Å². The molecule has 0 radical (unpaired) electrons. The first-order chi connectivity index (χ1) is 8.58. The van der Waals surface area contributed by atoms with Gasteiger partial charge in [0.2, 0.25) is 0 Å². The summed E-state index contributed by atoms with van der Waals surface area (Å²) in [6.45, 7) is 2.38. The standard InChI is InChI=1S/C15H21BrN2/c1-18-8-5-11(10-18)13-4-3-12(9-14(13)16)15(17)6-2-7-15/h3-4,9,11H,2,5-8,10,17H2,1H3. The van der Waals surface area contributed by atoms with Crippen molar-refractivity contribution in [1.29, 1.82) is 0 Å². The smallest absolute Gasteiger partial charge is 0.0410 e. The molecule has 0 aromatic heterocycles. The van der Waals surface area contributed by atoms with Crippen molar-refractivity contribution in [2.75, 3.05) is 20.1 Å². The van der Waals surface area contributed by atoms with E-state index >= 15 is 0 Å². The fourth-order valence-corrected chi connectivity index (χ4v) is 3.91. The summed E-state index contributed by atoms with van der Waals surface area (Å²) in [5, 5.41) is 0. The number of hydrogen-bond acceptors (Lipinski definition) is 2. The van der Waals surface area contributed by atoms with E-state index in [0.717, 1.165) is 12.8 Å². The van der Waals surface area contributed by atoms with Crippen LogP contribution in [0, 0.1) is 0 Å². The van der Waals surface area contributed by atoms with Gasteiger partial charge in [0.05, 0.1) is 0 Å². The van der Waals surface area contributed by atoms with Crippen LogP contribution in [0.25, 0.3) is 0 Å². The van der Waals surface area contributed by atoms with E-state index < -0.39 is 0 Å². The lowest BCUT2D eigenvalue weighted by Crippen LogP contribution is -2.43. The summed E-state index contributed by atoms with van der Waals surface area (Å²) >= 11 is 3.75. The van der Waals surface area contributed by atoms with Crippen LogP contribution in [0.15, 0.2) is 22.7 Å². The Hall–Kier alpha value is -0.380. The van der Waals surface area contributed by atoms with Gasteiger partial charge in [-0.3, -0.25) is 0 Å². The van der Waals surface area contributed by atoms with Gasteiger partial charge in [0, 0.05) is 16.6 Å². The number of likely N-dealkylation sites (N-methyl/N-ethyl adjacent to an activating group) is 1. The van der Waals surface area contributed by atoms with Crippen molar-refractivity contribution in [3.05, 3.63) is 33.8 Å². The molecule has 2 N–H and O–H groups in total. The second-order valence-corrected chi connectivity index (χ2v) is 6.85. The van der Waals surface area contributed by atoms with Crippen LogP contribution in [0.2, 0.25) is 0 Å². The lowest BCUT2D eigenvalue weighted by atomic mass is 9.72. The molecule has 0 spiro atoms. The fraction of sp³-hybridized carbons (Fsp3) is 0.600. The molecule has 2 fully saturated rings. The highest BCUT2D eigenvalue weighted by Gasteiger charge is 2.35. The molecule has 18 heavy (non-hydrogen) atoms. The minimum absolute atomic E-state index is 0.0481. The van der Waals surface area contributed by atoms with E-state index in [1.807, 2.05) is 0 Å². The highest BCUT2D eigenvalue weighted by molar-refractivity contribution is 9.10. The van der Waals surface area contributed by atoms with Gasteiger partial charge >= 0.3 is 0 Å². The normalized spacial score (nSPS) is 27.2. The Labute approximate surface area is 118 Å². The fourth-order valence-electron chi connectivity index (χ4n) is 3.20. The summed E-state index contributed by atoms with van der Waals surface area (Å²) in [5.41, 5.74) is 9.09. The van der Waals surface area contributed by atoms with Gasteiger partial charge in [-0.1, -0.05) is 28.1 Å². The molecule has 1 aromatic carbocycles. The molecule has 3 rings (SSSR count). The molecule has 1 saturated carbocycles. The molecule has 98 valence electrons. The van der Waals surface area contributed by atoms with Gasteiger partial charge in [-0.15, -0.1) is 0 Å². The average molecular weight is 309 g/mol. The molecule has 1 saturated heterocycles. The van der Waals surface area contributed by atoms with Crippen LogP contribution in [-0.4, -0.2) is 25.0 Å². The van der Waals surface area contributed by atoms with Crippen molar-refractivity contribution < 1.29 is 0 Å². The van der Waals surface area contributed by atoms with E-state index in [4.69, 9.17) is 5.73 Å². The zero-order valence-electron chi connectivity index (χ0n) is 11.0. The van der Waals surface area contributed by atoms with Crippen molar-refractivity contribution >= 4 is 15.9 Å². The van der Waals surface area contributed by atoms with E-state index in [1.54, 1.807) is 0 Å². The Morgan fingerprint density at radius 1 is 1.39 bits per heavy atom. The number of hydrogen-bond donors (Lipinski definition) is 1. The summed E-state index contributed by atoms with van der Waals surface area (Å²) in [6.07, 6.45) is 4.79. The molecule has 1 unspecified atom stereocenters. The third kappa shape index (κ3) is 2.13. The molecule has 1 heterocycles. The first-order valence-corrected chi connectivity index (χ1v) is 7.65. The molecule has 1 aromatic rings. The van der Waals surface area contributed by atoms with Crippen LogP contribution in [0.4, 0.5) is 0 Å². The Balaban J connectivity index is 1.85. The minimum Gasteiger partial charge on any atom is -0.321 e. The molecule has 1 aliphatic carbocycles. The maximum absolute atomic E-state index is 6.39. The lowest BCUT2D eigenvalue weighted by molar-refractivity contribution is 0.253. The second-order valence-electron chi connectivity index (χ2n) is 5.99. The molecule has 0 amide bonds. The van der Waals surface area contributed by atoms with Gasteiger partial charge in [-0.05, 0) is 62.4 Å². The van der Waals surface area contributed by atoms with Crippen LogP contribution < -0.4 is 5.73 Å². The predicted octanol–water partition coefficient (Wildman–Crippen LogP) is 3.21. The summed E-state index contributed by atoms with van der Waals surface area (Å²) in [6, 6.07) is 6.79. The average Bonchev–Trinajstić information content (AvgIpc) is 2.72. The number of likely N-dealkylation sites (tertiary alicyclic amines) is 1. The molecule has 1 aliphatic heterocycles. The maximum Gasteiger partial charge on any atom is 0.0410 e. The first-order valence-electron chi connectivity index (χ1n) is 6.86. The van der Waals surface area contributed by atoms with Crippen molar-refractivity contribution in [1.82, 2.24) is 4.90 Å². The van der Waals surface area contributed by atoms with E-state index in [0.29, 0.717) is 5.92 Å². The molecule has 3 heteroatoms. The molecular weight excluding hydrogens is 288 g/mol. The number of rotatable bonds is 2. The topological polar surface area (TPSA) is 29.3 Å². The SMILES string of the molecule is CN1CCC(c2ccc(C3(N)CCC3)cc2Br)C1. The highest BCUT2D eigenvalue weighted by atomic mass is 79.9. The zero-order valence-corrected chi connectivity index (χ0v) is 12.5. The van der Waals surface area contributed by atoms with Gasteiger partial charge in [-0.2, -0.15) is 0 Å². The number of halogens is 1. The van der Waals surface area contributed by atoms with Gasteiger partial charge in [-0.25, -0.2) is 0 Å². The lowest BCUT2D eigenvalue weighted by Gasteiger charge is -2.39. The first kappa shape index (κ1) is 12.6. The van der Waals surface area contributed by atoms with Crippen LogP contribution >= 0.6 is 15.9 Å². The van der Waals surface area contributed by atoms with E-state index in [9.17, 15) is 0 Å². The molecular formula is C15H21BrN2. The van der Waals surface area contributed by atoms with Crippen LogP contribution in [-0.2, 0) is 5.54 Å². The minimum atomic E-state index is -0.0481. The zero-order chi connectivity index (χ0) is 12.8. The monoisotopic (exact) mass is 308 g/mol. The predicted molar refractivity (Wildman–Crippen MR) is 78.7 cm³/mol. The summed E-state index contributed by atoms with van der Waals surface area (Å²) in [7, 11) is 2.20.